The number of carbonyl (C=O) groups is 3. The monoisotopic (exact) mass is 770 g/mol. The van der Waals surface area contributed by atoms with Crippen molar-refractivity contribution in [3.63, 3.8) is 0 Å². The third-order valence-electron chi connectivity index (χ3n) is 12.5. The highest BCUT2D eigenvalue weighted by Gasteiger charge is 2.68. The van der Waals surface area contributed by atoms with Gasteiger partial charge >= 0.3 is 11.7 Å². The zero-order valence-corrected chi connectivity index (χ0v) is 32.4. The fourth-order valence-corrected chi connectivity index (χ4v) is 9.78. The van der Waals surface area contributed by atoms with E-state index in [1.165, 1.54) is 22.6 Å². The molecule has 1 aromatic heterocycles. The second-order valence-electron chi connectivity index (χ2n) is 16.3. The molecule has 0 radical (unpaired) electrons. The standard InChI is InChI=1S/C37H50N6O10S/c1-8-35(6)16-29(36(7)22(2)11-13-37(23(3)33(35)47)14-12-27(44)32(36)37)53-31(46)20-54-34(4,5)21-38-30(45)18-41-17-24(39-40-41)19-52-28-10-9-25(42(48)49)15-26(28)43(50)51/h8-10,15,17,22-23,29,32-33,47H,1,11-14,16,18-21H2,2-7H3,(H,38,45)/t22-,23+,29-,32+,33+,35-,36+,37+/m1/s1. The number of nitrogens with zero attached hydrogens (tertiary/aromatic N) is 5. The maximum atomic E-state index is 13.7. The largest absolute Gasteiger partial charge is 0.480 e. The number of nitrogens with one attached hydrogen (secondary N) is 1. The molecule has 294 valence electrons. The lowest BCUT2D eigenvalue weighted by atomic mass is 9.44. The van der Waals surface area contributed by atoms with E-state index in [-0.39, 0.29) is 71.8 Å². The number of rotatable bonds is 14. The highest BCUT2D eigenvalue weighted by atomic mass is 32.2. The molecule has 54 heavy (non-hydrogen) atoms. The molecule has 1 amide bonds. The lowest BCUT2D eigenvalue weighted by molar-refractivity contribution is -0.394. The highest BCUT2D eigenvalue weighted by Crippen LogP contribution is 2.68. The maximum absolute atomic E-state index is 13.7. The Hall–Kier alpha value is -4.38. The van der Waals surface area contributed by atoms with Crippen LogP contribution in [0.2, 0.25) is 0 Å². The Morgan fingerprint density at radius 1 is 1.20 bits per heavy atom. The van der Waals surface area contributed by atoms with Gasteiger partial charge in [0.25, 0.3) is 5.69 Å². The summed E-state index contributed by atoms with van der Waals surface area (Å²) in [5.41, 5.74) is -2.44. The average Bonchev–Trinajstić information content (AvgIpc) is 3.73. The number of aliphatic hydroxyl groups excluding tert-OH is 1. The van der Waals surface area contributed by atoms with E-state index >= 15 is 0 Å². The number of amides is 1. The van der Waals surface area contributed by atoms with Gasteiger partial charge in [-0.25, -0.2) is 4.68 Å². The third kappa shape index (κ3) is 7.88. The molecule has 3 aliphatic carbocycles. The van der Waals surface area contributed by atoms with Crippen LogP contribution in [0.25, 0.3) is 0 Å². The number of carbonyl (C=O) groups excluding carboxylic acids is 3. The summed E-state index contributed by atoms with van der Waals surface area (Å²) >= 11 is 1.33. The molecule has 1 aromatic carbocycles. The average molecular weight is 771 g/mol. The Morgan fingerprint density at radius 3 is 2.59 bits per heavy atom. The molecule has 3 saturated carbocycles. The van der Waals surface area contributed by atoms with Crippen LogP contribution in [0.3, 0.4) is 0 Å². The van der Waals surface area contributed by atoms with Crippen LogP contribution in [-0.4, -0.2) is 76.9 Å². The van der Waals surface area contributed by atoms with Crippen molar-refractivity contribution in [3.8, 4) is 5.75 Å². The number of nitro groups is 2. The Labute approximate surface area is 318 Å². The van der Waals surface area contributed by atoms with Gasteiger partial charge < -0.3 is 19.9 Å². The van der Waals surface area contributed by atoms with Gasteiger partial charge in [-0.15, -0.1) is 23.4 Å². The van der Waals surface area contributed by atoms with Crippen molar-refractivity contribution >= 4 is 40.8 Å². The first-order valence-corrected chi connectivity index (χ1v) is 19.1. The number of ketones is 1. The van der Waals surface area contributed by atoms with E-state index in [0.29, 0.717) is 12.8 Å². The van der Waals surface area contributed by atoms with E-state index in [9.17, 15) is 39.7 Å². The lowest BCUT2D eigenvalue weighted by Crippen LogP contribution is -2.63. The first kappa shape index (κ1) is 40.8. The molecule has 17 heteroatoms. The van der Waals surface area contributed by atoms with Gasteiger partial charge in [0.2, 0.25) is 5.91 Å². The van der Waals surface area contributed by atoms with Crippen molar-refractivity contribution in [3.05, 3.63) is 63.0 Å². The molecular formula is C37H50N6O10S. The highest BCUT2D eigenvalue weighted by molar-refractivity contribution is 8.01. The van der Waals surface area contributed by atoms with Crippen molar-refractivity contribution in [1.82, 2.24) is 20.3 Å². The van der Waals surface area contributed by atoms with Crippen LogP contribution in [0.15, 0.2) is 37.1 Å². The Morgan fingerprint density at radius 2 is 1.93 bits per heavy atom. The summed E-state index contributed by atoms with van der Waals surface area (Å²) < 4.78 is 12.5. The van der Waals surface area contributed by atoms with Crippen LogP contribution in [0, 0.1) is 54.2 Å². The fraction of sp³-hybridized carbons (Fsp3) is 0.649. The van der Waals surface area contributed by atoms with Gasteiger partial charge in [-0.05, 0) is 62.8 Å². The van der Waals surface area contributed by atoms with Crippen LogP contribution < -0.4 is 10.1 Å². The number of esters is 1. The van der Waals surface area contributed by atoms with Gasteiger partial charge in [-0.2, -0.15) is 0 Å². The number of aromatic nitrogens is 3. The predicted octanol–water partition coefficient (Wildman–Crippen LogP) is 5.21. The van der Waals surface area contributed by atoms with Gasteiger partial charge in [0, 0.05) is 40.5 Å². The molecule has 0 spiro atoms. The van der Waals surface area contributed by atoms with Crippen molar-refractivity contribution in [1.29, 1.82) is 0 Å². The minimum absolute atomic E-state index is 0.0106. The summed E-state index contributed by atoms with van der Waals surface area (Å²) in [4.78, 5) is 60.9. The number of Topliss-reactive ketones (excluding diaryl/α,β-unsaturated/α-hetero) is 1. The first-order chi connectivity index (χ1) is 25.3. The number of aliphatic hydroxyl groups is 1. The van der Waals surface area contributed by atoms with Crippen LogP contribution in [0.5, 0.6) is 5.75 Å². The molecule has 8 atom stereocenters. The summed E-state index contributed by atoms with van der Waals surface area (Å²) in [5, 5.41) is 44.8. The molecule has 0 saturated heterocycles. The van der Waals surface area contributed by atoms with Gasteiger partial charge in [-0.1, -0.05) is 39.0 Å². The SMILES string of the molecule is C=C[C@]1(C)C[C@@H](OC(=O)CSC(C)(C)CNC(=O)Cn2cc(COc3ccc([N+](=O)[O-])cc3[N+](=O)[O-])nn2)[C@]2(C)[C@H](C)CC[C@]3(CCC(=O)[C@H]32)[C@@H](C)[C@@H]1O. The van der Waals surface area contributed by atoms with Gasteiger partial charge in [0.1, 0.15) is 30.7 Å². The Balaban J connectivity index is 1.16. The molecule has 2 N–H and O–H groups in total. The van der Waals surface area contributed by atoms with E-state index in [1.54, 1.807) is 6.08 Å². The number of thioether (sulfide) groups is 1. The van der Waals surface area contributed by atoms with E-state index < -0.39 is 55.0 Å². The zero-order chi connectivity index (χ0) is 39.8. The van der Waals surface area contributed by atoms with Crippen molar-refractivity contribution in [2.75, 3.05) is 12.3 Å². The van der Waals surface area contributed by atoms with Crippen LogP contribution in [0.4, 0.5) is 11.4 Å². The molecule has 2 aromatic rings. The summed E-state index contributed by atoms with van der Waals surface area (Å²) in [7, 11) is 0. The smallest absolute Gasteiger partial charge is 0.317 e. The summed E-state index contributed by atoms with van der Waals surface area (Å²) in [6.45, 7) is 15.9. The van der Waals surface area contributed by atoms with Gasteiger partial charge in [0.05, 0.1) is 34.0 Å². The number of non-ortho nitro benzene ring substituents is 1. The van der Waals surface area contributed by atoms with Crippen molar-refractivity contribution in [2.24, 2.45) is 34.0 Å². The second-order valence-corrected chi connectivity index (χ2v) is 17.9. The number of ether oxygens (including phenoxy) is 2. The lowest BCUT2D eigenvalue weighted by Gasteiger charge is -2.61. The molecule has 3 fully saturated rings. The normalized spacial score (nSPS) is 30.7. The zero-order valence-electron chi connectivity index (χ0n) is 31.6. The van der Waals surface area contributed by atoms with Crippen LogP contribution in [-0.2, 0) is 32.3 Å². The molecular weight excluding hydrogens is 721 g/mol. The molecule has 0 aliphatic heterocycles. The van der Waals surface area contributed by atoms with E-state index in [0.717, 1.165) is 37.5 Å². The number of hydrogen-bond acceptors (Lipinski definition) is 13. The summed E-state index contributed by atoms with van der Waals surface area (Å²) in [6.07, 6.45) is 5.14. The third-order valence-corrected chi connectivity index (χ3v) is 13.8. The number of nitro benzene ring substituents is 2. The van der Waals surface area contributed by atoms with Crippen LogP contribution >= 0.6 is 11.8 Å². The number of benzene rings is 1. The maximum Gasteiger partial charge on any atom is 0.317 e. The quantitative estimate of drug-likeness (QED) is 0.109. The second kappa shape index (κ2) is 15.4. The first-order valence-electron chi connectivity index (χ1n) is 18.2. The molecule has 1 heterocycles. The van der Waals surface area contributed by atoms with Crippen molar-refractivity contribution < 1.29 is 38.8 Å². The van der Waals surface area contributed by atoms with Crippen LogP contribution in [0.1, 0.15) is 79.3 Å². The minimum atomic E-state index is -0.784. The molecule has 2 bridgehead atoms. The van der Waals surface area contributed by atoms with Gasteiger partial charge in [-0.3, -0.25) is 34.6 Å². The topological polar surface area (TPSA) is 219 Å². The Bertz CT molecular complexity index is 1820. The molecule has 16 nitrogen and oxygen atoms in total. The summed E-state index contributed by atoms with van der Waals surface area (Å²) in [5.74, 6) is -1.08. The van der Waals surface area contributed by atoms with E-state index in [1.807, 2.05) is 20.8 Å². The molecule has 5 rings (SSSR count). The molecule has 3 aliphatic rings. The predicted molar refractivity (Wildman–Crippen MR) is 198 cm³/mol. The fourth-order valence-electron chi connectivity index (χ4n) is 9.03. The van der Waals surface area contributed by atoms with Gasteiger partial charge in [0.15, 0.2) is 5.75 Å². The number of hydrogen-bond donors (Lipinski definition) is 2. The van der Waals surface area contributed by atoms with E-state index in [2.05, 4.69) is 43.0 Å². The molecule has 0 unspecified atom stereocenters. The Kier molecular flexibility index (Phi) is 11.6. The van der Waals surface area contributed by atoms with E-state index in [4.69, 9.17) is 9.47 Å². The summed E-state index contributed by atoms with van der Waals surface area (Å²) in [6, 6.07) is 3.03. The minimum Gasteiger partial charge on any atom is -0.480 e. The van der Waals surface area contributed by atoms with Crippen molar-refractivity contribution in [2.45, 2.75) is 104 Å².